The Labute approximate surface area is 230 Å². The maximum atomic E-state index is 14.7. The molecular weight excluding hydrogens is 504 g/mol. The molecule has 1 amide bonds. The molecule has 6 heteroatoms. The van der Waals surface area contributed by atoms with Gasteiger partial charge in [0.15, 0.2) is 11.6 Å². The molecule has 7 rings (SSSR count). The van der Waals surface area contributed by atoms with Gasteiger partial charge in [0.05, 0.1) is 16.8 Å². The number of aryl methyl sites for hydroxylation is 1. The van der Waals surface area contributed by atoms with Crippen molar-refractivity contribution in [2.45, 2.75) is 31.3 Å². The number of carbonyl (C=O) groups excluding carboxylic acids is 3. The summed E-state index contributed by atoms with van der Waals surface area (Å²) in [5.74, 6) is -1.53. The van der Waals surface area contributed by atoms with Gasteiger partial charge in [-0.25, -0.2) is 0 Å². The second-order valence-electron chi connectivity index (χ2n) is 10.6. The summed E-state index contributed by atoms with van der Waals surface area (Å²) in [6, 6.07) is 25.2. The van der Waals surface area contributed by atoms with Crippen LogP contribution < -0.4 is 10.2 Å². The third kappa shape index (κ3) is 3.21. The van der Waals surface area contributed by atoms with Crippen LogP contribution in [-0.2, 0) is 10.2 Å². The summed E-state index contributed by atoms with van der Waals surface area (Å²) < 4.78 is 0. The van der Waals surface area contributed by atoms with E-state index in [4.69, 9.17) is 0 Å². The zero-order valence-corrected chi connectivity index (χ0v) is 22.4. The average molecular weight is 531 g/mol. The molecule has 0 aliphatic carbocycles. The second-order valence-corrected chi connectivity index (χ2v) is 11.5. The Kier molecular flexibility index (Phi) is 5.26. The van der Waals surface area contributed by atoms with E-state index in [1.54, 1.807) is 6.07 Å². The van der Waals surface area contributed by atoms with Gasteiger partial charge in [0.25, 0.3) is 0 Å². The van der Waals surface area contributed by atoms with Crippen LogP contribution in [0.3, 0.4) is 0 Å². The molecule has 3 aliphatic heterocycles. The lowest BCUT2D eigenvalue weighted by Gasteiger charge is -2.39. The minimum atomic E-state index is -1.29. The quantitative estimate of drug-likeness (QED) is 0.314. The lowest BCUT2D eigenvalue weighted by molar-refractivity contribution is -0.121. The first-order valence-corrected chi connectivity index (χ1v) is 14.0. The zero-order valence-electron chi connectivity index (χ0n) is 21.5. The lowest BCUT2D eigenvalue weighted by Crippen LogP contribution is -2.51. The molecule has 192 valence electrons. The molecule has 1 N–H and O–H groups in total. The monoisotopic (exact) mass is 530 g/mol. The molecule has 0 bridgehead atoms. The van der Waals surface area contributed by atoms with Crippen LogP contribution >= 0.6 is 11.3 Å². The number of nitrogens with one attached hydrogen (secondary N) is 1. The number of fused-ring (bicyclic) bond motifs is 6. The van der Waals surface area contributed by atoms with Gasteiger partial charge in [0.1, 0.15) is 11.5 Å². The summed E-state index contributed by atoms with van der Waals surface area (Å²) in [5, 5.41) is 4.96. The zero-order chi connectivity index (χ0) is 26.9. The van der Waals surface area contributed by atoms with Crippen LogP contribution in [-0.4, -0.2) is 29.6 Å². The maximum absolute atomic E-state index is 14.7. The first-order chi connectivity index (χ1) is 18.9. The molecule has 1 saturated heterocycles. The molecule has 3 aromatic carbocycles. The standard InChI is InChI=1S/C33H26N2O3S/c1-19-13-15-21(16-14-19)30(36)28-29(31(37)26-12-7-17-39-26)35-25-11-6-3-8-22(25)20(2)18-27(35)33(28)23-9-4-5-10-24(23)34-32(33)38/h3-18,27-29H,1-2H3,(H,34,38). The number of rotatable bonds is 4. The van der Waals surface area contributed by atoms with Crippen molar-refractivity contribution >= 4 is 45.8 Å². The summed E-state index contributed by atoms with van der Waals surface area (Å²) in [6.07, 6.45) is 2.08. The van der Waals surface area contributed by atoms with Gasteiger partial charge in [0.2, 0.25) is 5.91 Å². The number of hydrogen-bond donors (Lipinski definition) is 1. The molecule has 4 aromatic rings. The Balaban J connectivity index is 1.56. The molecule has 5 nitrogen and oxygen atoms in total. The van der Waals surface area contributed by atoms with Crippen molar-refractivity contribution in [3.63, 3.8) is 0 Å². The second kappa shape index (κ2) is 8.61. The van der Waals surface area contributed by atoms with E-state index in [0.29, 0.717) is 16.1 Å². The summed E-state index contributed by atoms with van der Waals surface area (Å²) >= 11 is 1.36. The highest BCUT2D eigenvalue weighted by Gasteiger charge is 2.70. The van der Waals surface area contributed by atoms with Crippen LogP contribution in [0.4, 0.5) is 11.4 Å². The van der Waals surface area contributed by atoms with Crippen molar-refractivity contribution in [1.82, 2.24) is 0 Å². The third-order valence-electron chi connectivity index (χ3n) is 8.53. The van der Waals surface area contributed by atoms with Crippen molar-refractivity contribution in [3.05, 3.63) is 124 Å². The fourth-order valence-corrected chi connectivity index (χ4v) is 7.55. The van der Waals surface area contributed by atoms with Crippen LogP contribution in [0.15, 0.2) is 96.4 Å². The number of amides is 1. The van der Waals surface area contributed by atoms with Gasteiger partial charge in [-0.3, -0.25) is 14.4 Å². The number of thiophene rings is 1. The summed E-state index contributed by atoms with van der Waals surface area (Å²) in [4.78, 5) is 46.2. The minimum Gasteiger partial charge on any atom is -0.352 e. The van der Waals surface area contributed by atoms with Gasteiger partial charge in [-0.1, -0.05) is 78.4 Å². The lowest BCUT2D eigenvalue weighted by atomic mass is 9.64. The Bertz CT molecular complexity index is 1690. The van der Waals surface area contributed by atoms with Gasteiger partial charge < -0.3 is 10.2 Å². The van der Waals surface area contributed by atoms with E-state index in [1.165, 1.54) is 11.3 Å². The number of nitrogens with zero attached hydrogens (tertiary/aromatic N) is 1. The molecule has 0 saturated carbocycles. The molecule has 1 fully saturated rings. The van der Waals surface area contributed by atoms with Crippen LogP contribution in [0, 0.1) is 12.8 Å². The molecule has 4 heterocycles. The molecule has 0 radical (unpaired) electrons. The van der Waals surface area contributed by atoms with E-state index in [1.807, 2.05) is 98.1 Å². The summed E-state index contributed by atoms with van der Waals surface area (Å²) in [7, 11) is 0. The number of anilines is 2. The topological polar surface area (TPSA) is 66.5 Å². The number of ketones is 2. The van der Waals surface area contributed by atoms with E-state index in [-0.39, 0.29) is 17.5 Å². The predicted molar refractivity (Wildman–Crippen MR) is 155 cm³/mol. The highest BCUT2D eigenvalue weighted by atomic mass is 32.1. The number of benzene rings is 3. The van der Waals surface area contributed by atoms with E-state index in [0.717, 1.165) is 28.0 Å². The van der Waals surface area contributed by atoms with Gasteiger partial charge in [0, 0.05) is 22.5 Å². The number of Topliss-reactive ketones (excluding diaryl/α,β-unsaturated/α-hetero) is 2. The number of para-hydroxylation sites is 2. The van der Waals surface area contributed by atoms with Crippen LogP contribution in [0.25, 0.3) is 5.57 Å². The summed E-state index contributed by atoms with van der Waals surface area (Å²) in [6.45, 7) is 4.01. The summed E-state index contributed by atoms with van der Waals surface area (Å²) in [5.41, 5.74) is 4.60. The van der Waals surface area contributed by atoms with Crippen LogP contribution in [0.5, 0.6) is 0 Å². The molecule has 39 heavy (non-hydrogen) atoms. The van der Waals surface area contributed by atoms with Gasteiger partial charge in [-0.15, -0.1) is 11.3 Å². The van der Waals surface area contributed by atoms with Crippen LogP contribution in [0.2, 0.25) is 0 Å². The number of allylic oxidation sites excluding steroid dienone is 1. The number of hydrogen-bond acceptors (Lipinski definition) is 5. The highest BCUT2D eigenvalue weighted by Crippen LogP contribution is 2.58. The number of carbonyl (C=O) groups is 3. The van der Waals surface area contributed by atoms with Crippen molar-refractivity contribution in [2.75, 3.05) is 10.2 Å². The van der Waals surface area contributed by atoms with E-state index >= 15 is 0 Å². The Hall–Kier alpha value is -4.29. The van der Waals surface area contributed by atoms with E-state index < -0.39 is 23.4 Å². The van der Waals surface area contributed by atoms with Gasteiger partial charge in [-0.05, 0) is 48.6 Å². The van der Waals surface area contributed by atoms with Crippen LogP contribution in [0.1, 0.15) is 43.6 Å². The third-order valence-corrected chi connectivity index (χ3v) is 9.42. The first kappa shape index (κ1) is 23.8. The first-order valence-electron chi connectivity index (χ1n) is 13.1. The molecule has 1 aromatic heterocycles. The molecule has 1 spiro atoms. The maximum Gasteiger partial charge on any atom is 0.238 e. The molecule has 4 atom stereocenters. The highest BCUT2D eigenvalue weighted by molar-refractivity contribution is 7.12. The van der Waals surface area contributed by atoms with E-state index in [9.17, 15) is 14.4 Å². The van der Waals surface area contributed by atoms with Gasteiger partial charge in [-0.2, -0.15) is 0 Å². The fraction of sp³-hybridized carbons (Fsp3) is 0.182. The Morgan fingerprint density at radius 2 is 1.62 bits per heavy atom. The SMILES string of the molecule is CC1=CC2N(c3ccccc31)C(C(=O)c1cccs1)C(C(=O)c1ccc(C)cc1)C21C(=O)Nc2ccccc21. The molecular formula is C33H26N2O3S. The van der Waals surface area contributed by atoms with E-state index in [2.05, 4.69) is 16.3 Å². The molecule has 3 aliphatic rings. The largest absolute Gasteiger partial charge is 0.352 e. The Morgan fingerprint density at radius 3 is 2.38 bits per heavy atom. The fourth-order valence-electron chi connectivity index (χ4n) is 6.85. The van der Waals surface area contributed by atoms with Crippen molar-refractivity contribution < 1.29 is 14.4 Å². The van der Waals surface area contributed by atoms with Crippen molar-refractivity contribution in [2.24, 2.45) is 5.92 Å². The predicted octanol–water partition coefficient (Wildman–Crippen LogP) is 6.30. The Morgan fingerprint density at radius 1 is 0.872 bits per heavy atom. The van der Waals surface area contributed by atoms with Crippen molar-refractivity contribution in [3.8, 4) is 0 Å². The average Bonchev–Trinajstić information content (AvgIpc) is 3.66. The normalized spacial score (nSPS) is 24.6. The minimum absolute atomic E-state index is 0.141. The molecule has 4 unspecified atom stereocenters. The van der Waals surface area contributed by atoms with Gasteiger partial charge >= 0.3 is 0 Å². The van der Waals surface area contributed by atoms with Crippen molar-refractivity contribution in [1.29, 1.82) is 0 Å². The smallest absolute Gasteiger partial charge is 0.238 e.